The third-order valence-electron chi connectivity index (χ3n) is 2.71. The number of hydrogen-bond acceptors (Lipinski definition) is 4. The molecule has 0 heterocycles. The topological polar surface area (TPSA) is 98.2 Å². The lowest BCUT2D eigenvalue weighted by Gasteiger charge is -2.14. The number of para-hydroxylation sites is 1. The van der Waals surface area contributed by atoms with Crippen LogP contribution in [0.3, 0.4) is 0 Å². The van der Waals surface area contributed by atoms with Crippen LogP contribution in [0.5, 0.6) is 0 Å². The molecule has 0 fully saturated rings. The van der Waals surface area contributed by atoms with E-state index in [2.05, 4.69) is 19.2 Å². The number of hydrogen-bond donors (Lipinski definition) is 3. The van der Waals surface area contributed by atoms with E-state index in [1.54, 1.807) is 12.1 Å². The summed E-state index contributed by atoms with van der Waals surface area (Å²) in [4.78, 5) is -0.0355. The first-order chi connectivity index (χ1) is 7.86. The van der Waals surface area contributed by atoms with E-state index in [0.717, 1.165) is 13.0 Å². The molecule has 0 aromatic heterocycles. The normalized spacial score (nSPS) is 13.4. The minimum Gasteiger partial charge on any atom is -0.396 e. The average molecular weight is 257 g/mol. The minimum absolute atomic E-state index is 0.0355. The van der Waals surface area contributed by atoms with Gasteiger partial charge in [0.15, 0.2) is 0 Å². The van der Waals surface area contributed by atoms with Crippen LogP contribution in [-0.4, -0.2) is 15.0 Å². The van der Waals surface area contributed by atoms with Gasteiger partial charge in [-0.05, 0) is 18.1 Å². The Morgan fingerprint density at radius 2 is 2.06 bits per heavy atom. The summed E-state index contributed by atoms with van der Waals surface area (Å²) >= 11 is 0. The van der Waals surface area contributed by atoms with Crippen LogP contribution in [-0.2, 0) is 10.0 Å². The molecule has 1 unspecified atom stereocenters. The smallest absolute Gasteiger partial charge is 0.240 e. The molecule has 5 nitrogen and oxygen atoms in total. The fourth-order valence-corrected chi connectivity index (χ4v) is 2.06. The van der Waals surface area contributed by atoms with Crippen LogP contribution < -0.4 is 16.2 Å². The van der Waals surface area contributed by atoms with Crippen LogP contribution in [0.4, 0.5) is 11.4 Å². The van der Waals surface area contributed by atoms with E-state index in [4.69, 9.17) is 10.9 Å². The van der Waals surface area contributed by atoms with Crippen LogP contribution >= 0.6 is 0 Å². The highest BCUT2D eigenvalue weighted by molar-refractivity contribution is 7.89. The molecule has 1 rings (SSSR count). The molecular formula is C11H19N3O2S. The molecule has 0 saturated heterocycles. The monoisotopic (exact) mass is 257 g/mol. The maximum atomic E-state index is 11.3. The Morgan fingerprint density at radius 3 is 2.59 bits per heavy atom. The van der Waals surface area contributed by atoms with Gasteiger partial charge >= 0.3 is 0 Å². The van der Waals surface area contributed by atoms with Crippen molar-refractivity contribution in [3.8, 4) is 0 Å². The Kier molecular flexibility index (Phi) is 4.36. The highest BCUT2D eigenvalue weighted by atomic mass is 32.2. The first kappa shape index (κ1) is 13.8. The molecule has 6 heteroatoms. The molecule has 1 atom stereocenters. The Morgan fingerprint density at radius 1 is 1.41 bits per heavy atom. The van der Waals surface area contributed by atoms with Gasteiger partial charge in [-0.2, -0.15) is 0 Å². The van der Waals surface area contributed by atoms with Crippen LogP contribution in [0.2, 0.25) is 0 Å². The van der Waals surface area contributed by atoms with Crippen molar-refractivity contribution in [2.75, 3.05) is 17.6 Å². The first-order valence-corrected chi connectivity index (χ1v) is 7.06. The summed E-state index contributed by atoms with van der Waals surface area (Å²) in [5, 5.41) is 8.20. The molecule has 0 radical (unpaired) electrons. The zero-order chi connectivity index (χ0) is 13.1. The van der Waals surface area contributed by atoms with Crippen LogP contribution in [0.25, 0.3) is 0 Å². The number of nitrogens with one attached hydrogen (secondary N) is 1. The molecule has 0 spiro atoms. The molecule has 1 aromatic carbocycles. The number of sulfonamides is 1. The fourth-order valence-electron chi connectivity index (χ4n) is 1.37. The van der Waals surface area contributed by atoms with Crippen molar-refractivity contribution >= 4 is 21.4 Å². The Bertz CT molecular complexity index is 485. The summed E-state index contributed by atoms with van der Waals surface area (Å²) in [7, 11) is -3.77. The molecule has 5 N–H and O–H groups in total. The van der Waals surface area contributed by atoms with Gasteiger partial charge in [0.2, 0.25) is 10.0 Å². The van der Waals surface area contributed by atoms with Crippen molar-refractivity contribution < 1.29 is 8.42 Å². The van der Waals surface area contributed by atoms with Gasteiger partial charge in [0.25, 0.3) is 0 Å². The second-order valence-corrected chi connectivity index (χ2v) is 5.69. The molecular weight excluding hydrogens is 238 g/mol. The summed E-state index contributed by atoms with van der Waals surface area (Å²) in [6, 6.07) is 4.76. The highest BCUT2D eigenvalue weighted by Crippen LogP contribution is 2.25. The van der Waals surface area contributed by atoms with Gasteiger partial charge in [-0.3, -0.25) is 0 Å². The molecule has 0 saturated carbocycles. The van der Waals surface area contributed by atoms with Crippen LogP contribution in [0, 0.1) is 5.92 Å². The van der Waals surface area contributed by atoms with Gasteiger partial charge in [-0.15, -0.1) is 0 Å². The van der Waals surface area contributed by atoms with E-state index in [1.165, 1.54) is 6.07 Å². The third-order valence-corrected chi connectivity index (χ3v) is 3.68. The maximum Gasteiger partial charge on any atom is 0.240 e. The van der Waals surface area contributed by atoms with Crippen molar-refractivity contribution in [2.45, 2.75) is 25.2 Å². The fraction of sp³-hybridized carbons (Fsp3) is 0.455. The van der Waals surface area contributed by atoms with E-state index in [1.807, 2.05) is 0 Å². The summed E-state index contributed by atoms with van der Waals surface area (Å²) in [6.07, 6.45) is 1.04. The van der Waals surface area contributed by atoms with Crippen molar-refractivity contribution in [1.82, 2.24) is 0 Å². The van der Waals surface area contributed by atoms with E-state index < -0.39 is 10.0 Å². The SMILES string of the molecule is CCC(C)CNc1cccc(S(N)(=O)=O)c1N. The molecule has 0 amide bonds. The second-order valence-electron chi connectivity index (χ2n) is 4.16. The predicted octanol–water partition coefficient (Wildman–Crippen LogP) is 1.37. The van der Waals surface area contributed by atoms with Gasteiger partial charge in [0, 0.05) is 6.54 Å². The largest absolute Gasteiger partial charge is 0.396 e. The first-order valence-electron chi connectivity index (χ1n) is 5.51. The number of benzene rings is 1. The predicted molar refractivity (Wildman–Crippen MR) is 70.2 cm³/mol. The van der Waals surface area contributed by atoms with Gasteiger partial charge in [0.05, 0.1) is 11.4 Å². The van der Waals surface area contributed by atoms with Crippen molar-refractivity contribution in [3.05, 3.63) is 18.2 Å². The van der Waals surface area contributed by atoms with Crippen molar-refractivity contribution in [2.24, 2.45) is 11.1 Å². The number of rotatable bonds is 5. The molecule has 0 bridgehead atoms. The van der Waals surface area contributed by atoms with E-state index in [0.29, 0.717) is 11.6 Å². The summed E-state index contributed by atoms with van der Waals surface area (Å²) in [5.41, 5.74) is 6.56. The van der Waals surface area contributed by atoms with E-state index >= 15 is 0 Å². The second kappa shape index (κ2) is 5.37. The standard InChI is InChI=1S/C11H19N3O2S/c1-3-8(2)7-14-9-5-4-6-10(11(9)12)17(13,15)16/h4-6,8,14H,3,7,12H2,1-2H3,(H2,13,15,16). The summed E-state index contributed by atoms with van der Waals surface area (Å²) < 4.78 is 22.5. The van der Waals surface area contributed by atoms with Crippen LogP contribution in [0.1, 0.15) is 20.3 Å². The lowest BCUT2D eigenvalue weighted by Crippen LogP contribution is -2.17. The average Bonchev–Trinajstić information content (AvgIpc) is 2.25. The molecule has 0 aliphatic rings. The molecule has 1 aromatic rings. The molecule has 0 aliphatic carbocycles. The van der Waals surface area contributed by atoms with Crippen LogP contribution in [0.15, 0.2) is 23.1 Å². The quantitative estimate of drug-likeness (QED) is 0.694. The Hall–Kier alpha value is -1.27. The minimum atomic E-state index is -3.77. The Balaban J connectivity index is 2.96. The molecule has 17 heavy (non-hydrogen) atoms. The number of nitrogen functional groups attached to an aromatic ring is 1. The third kappa shape index (κ3) is 3.61. The summed E-state index contributed by atoms with van der Waals surface area (Å²) in [5.74, 6) is 0.493. The van der Waals surface area contributed by atoms with Gasteiger partial charge < -0.3 is 11.1 Å². The highest BCUT2D eigenvalue weighted by Gasteiger charge is 2.14. The zero-order valence-corrected chi connectivity index (χ0v) is 10.9. The zero-order valence-electron chi connectivity index (χ0n) is 10.1. The van der Waals surface area contributed by atoms with Crippen molar-refractivity contribution in [3.63, 3.8) is 0 Å². The summed E-state index contributed by atoms with van der Waals surface area (Å²) in [6.45, 7) is 4.94. The van der Waals surface area contributed by atoms with E-state index in [-0.39, 0.29) is 10.6 Å². The van der Waals surface area contributed by atoms with Gasteiger partial charge in [-0.1, -0.05) is 26.3 Å². The lowest BCUT2D eigenvalue weighted by molar-refractivity contribution is 0.593. The van der Waals surface area contributed by atoms with E-state index in [9.17, 15) is 8.42 Å². The maximum absolute atomic E-state index is 11.3. The molecule has 96 valence electrons. The van der Waals surface area contributed by atoms with Gasteiger partial charge in [0.1, 0.15) is 4.90 Å². The Labute approximate surface area is 102 Å². The molecule has 0 aliphatic heterocycles. The number of anilines is 2. The number of nitrogens with two attached hydrogens (primary N) is 2. The van der Waals surface area contributed by atoms with Gasteiger partial charge in [-0.25, -0.2) is 13.6 Å². The lowest BCUT2D eigenvalue weighted by atomic mass is 10.1. The van der Waals surface area contributed by atoms with Crippen molar-refractivity contribution in [1.29, 1.82) is 0 Å². The number of primary sulfonamides is 1.